The minimum atomic E-state index is -0.847. The van der Waals surface area contributed by atoms with Crippen LogP contribution in [0.4, 0.5) is 0 Å². The van der Waals surface area contributed by atoms with Gasteiger partial charge in [0.25, 0.3) is 0 Å². The lowest BCUT2D eigenvalue weighted by molar-refractivity contribution is 0.186. The summed E-state index contributed by atoms with van der Waals surface area (Å²) in [6, 6.07) is 31.7. The molecular formula is C32H31NO3. The van der Waals surface area contributed by atoms with Crippen molar-refractivity contribution in [3.05, 3.63) is 153 Å². The van der Waals surface area contributed by atoms with Crippen LogP contribution in [0.15, 0.2) is 101 Å². The lowest BCUT2D eigenvalue weighted by Gasteiger charge is -2.16. The van der Waals surface area contributed by atoms with Crippen LogP contribution < -0.4 is 0 Å². The number of aromatic nitrogens is 1. The Bertz CT molecular complexity index is 1340. The number of aliphatic hydroxyl groups excluding tert-OH is 2. The highest BCUT2D eigenvalue weighted by molar-refractivity contribution is 5.41. The van der Waals surface area contributed by atoms with Crippen molar-refractivity contribution in [1.29, 1.82) is 0 Å². The van der Waals surface area contributed by atoms with Crippen molar-refractivity contribution in [2.75, 3.05) is 0 Å². The van der Waals surface area contributed by atoms with E-state index in [0.717, 1.165) is 45.0 Å². The van der Waals surface area contributed by atoms with Crippen molar-refractivity contribution in [3.8, 4) is 0 Å². The zero-order chi connectivity index (χ0) is 25.2. The summed E-state index contributed by atoms with van der Waals surface area (Å²) >= 11 is 0. The number of aromatic amines is 1. The molecule has 5 aromatic rings. The first-order valence-electron chi connectivity index (χ1n) is 12.2. The summed E-state index contributed by atoms with van der Waals surface area (Å²) in [5, 5.41) is 21.9. The SMILES string of the molecule is Cc1ccc(C(O)c2ccc(C(c3ccc(C)cc3)c3ccc(C(O)c4ccc(C)cc4)o3)[nH]2)cc1. The number of rotatable bonds is 7. The van der Waals surface area contributed by atoms with Crippen LogP contribution in [0.3, 0.4) is 0 Å². The van der Waals surface area contributed by atoms with Gasteiger partial charge in [0.1, 0.15) is 23.7 Å². The fourth-order valence-corrected chi connectivity index (χ4v) is 4.53. The predicted molar refractivity (Wildman–Crippen MR) is 142 cm³/mol. The molecule has 0 radical (unpaired) electrons. The van der Waals surface area contributed by atoms with Gasteiger partial charge in [0.05, 0.1) is 5.92 Å². The third-order valence-corrected chi connectivity index (χ3v) is 6.74. The smallest absolute Gasteiger partial charge is 0.137 e. The summed E-state index contributed by atoms with van der Waals surface area (Å²) in [4.78, 5) is 3.44. The lowest BCUT2D eigenvalue weighted by Crippen LogP contribution is -2.05. The van der Waals surface area contributed by atoms with Gasteiger partial charge in [-0.1, -0.05) is 89.5 Å². The number of hydrogen-bond donors (Lipinski definition) is 3. The van der Waals surface area contributed by atoms with E-state index in [1.54, 1.807) is 0 Å². The third kappa shape index (κ3) is 4.92. The Morgan fingerprint density at radius 2 is 0.944 bits per heavy atom. The molecule has 4 nitrogen and oxygen atoms in total. The third-order valence-electron chi connectivity index (χ3n) is 6.74. The van der Waals surface area contributed by atoms with Crippen molar-refractivity contribution in [1.82, 2.24) is 4.98 Å². The first-order chi connectivity index (χ1) is 17.4. The number of H-pyrrole nitrogens is 1. The van der Waals surface area contributed by atoms with Crippen LogP contribution in [0.2, 0.25) is 0 Å². The van der Waals surface area contributed by atoms with Gasteiger partial charge >= 0.3 is 0 Å². The van der Waals surface area contributed by atoms with Gasteiger partial charge in [-0.05, 0) is 61.7 Å². The molecular weight excluding hydrogens is 446 g/mol. The van der Waals surface area contributed by atoms with Crippen molar-refractivity contribution in [3.63, 3.8) is 0 Å². The topological polar surface area (TPSA) is 69.4 Å². The standard InChI is InChI=1S/C32H31NO3/c1-20-4-10-23(11-5-20)30(26-16-17-27(33-26)31(34)24-12-6-21(2)7-13-24)28-18-19-29(36-28)32(35)25-14-8-22(3)9-15-25/h4-19,30-35H,1-3H3. The average molecular weight is 478 g/mol. The zero-order valence-electron chi connectivity index (χ0n) is 20.8. The minimum Gasteiger partial charge on any atom is -0.462 e. The summed E-state index contributed by atoms with van der Waals surface area (Å²) in [6.45, 7) is 6.11. The van der Waals surface area contributed by atoms with Crippen LogP contribution in [0.1, 0.15) is 74.4 Å². The number of furan rings is 1. The molecule has 2 aromatic heterocycles. The lowest BCUT2D eigenvalue weighted by atomic mass is 9.93. The number of aliphatic hydroxyl groups is 2. The van der Waals surface area contributed by atoms with Crippen molar-refractivity contribution in [2.24, 2.45) is 0 Å². The van der Waals surface area contributed by atoms with Gasteiger partial charge in [-0.25, -0.2) is 0 Å². The Morgan fingerprint density at radius 1 is 0.500 bits per heavy atom. The molecule has 0 saturated heterocycles. The first kappa shape index (κ1) is 23.9. The molecule has 2 heterocycles. The van der Waals surface area contributed by atoms with Crippen LogP contribution in [0.25, 0.3) is 0 Å². The molecule has 3 aromatic carbocycles. The van der Waals surface area contributed by atoms with Gasteiger partial charge < -0.3 is 19.6 Å². The summed E-state index contributed by atoms with van der Waals surface area (Å²) in [7, 11) is 0. The highest BCUT2D eigenvalue weighted by atomic mass is 16.4. The quantitative estimate of drug-likeness (QED) is 0.239. The Labute approximate surface area is 211 Å². The molecule has 4 heteroatoms. The van der Waals surface area contributed by atoms with Gasteiger partial charge in [-0.15, -0.1) is 0 Å². The highest BCUT2D eigenvalue weighted by Crippen LogP contribution is 2.36. The maximum atomic E-state index is 11.0. The zero-order valence-corrected chi connectivity index (χ0v) is 20.8. The second kappa shape index (κ2) is 10.0. The van der Waals surface area contributed by atoms with Crippen LogP contribution in [0.5, 0.6) is 0 Å². The van der Waals surface area contributed by atoms with E-state index in [-0.39, 0.29) is 5.92 Å². The van der Waals surface area contributed by atoms with Crippen molar-refractivity contribution >= 4 is 0 Å². The molecule has 3 N–H and O–H groups in total. The van der Waals surface area contributed by atoms with E-state index in [4.69, 9.17) is 4.42 Å². The normalized spacial score (nSPS) is 13.9. The molecule has 5 rings (SSSR count). The second-order valence-corrected chi connectivity index (χ2v) is 9.58. The molecule has 3 unspecified atom stereocenters. The fourth-order valence-electron chi connectivity index (χ4n) is 4.53. The van der Waals surface area contributed by atoms with E-state index < -0.39 is 12.2 Å². The van der Waals surface area contributed by atoms with Gasteiger partial charge in [0, 0.05) is 11.4 Å². The van der Waals surface area contributed by atoms with E-state index in [0.29, 0.717) is 5.76 Å². The van der Waals surface area contributed by atoms with Gasteiger partial charge in [0.2, 0.25) is 0 Å². The van der Waals surface area contributed by atoms with Crippen LogP contribution >= 0.6 is 0 Å². The van der Waals surface area contributed by atoms with Crippen LogP contribution in [-0.4, -0.2) is 15.2 Å². The molecule has 0 aliphatic heterocycles. The largest absolute Gasteiger partial charge is 0.462 e. The molecule has 36 heavy (non-hydrogen) atoms. The molecule has 0 amide bonds. The molecule has 0 saturated carbocycles. The van der Waals surface area contributed by atoms with E-state index in [9.17, 15) is 10.2 Å². The predicted octanol–water partition coefficient (Wildman–Crippen LogP) is 6.88. The van der Waals surface area contributed by atoms with E-state index in [2.05, 4.69) is 36.2 Å². The monoisotopic (exact) mass is 477 g/mol. The Morgan fingerprint density at radius 3 is 1.50 bits per heavy atom. The molecule has 0 aliphatic carbocycles. The molecule has 0 fully saturated rings. The summed E-state index contributed by atoms with van der Waals surface area (Å²) in [6.07, 6.45) is -1.60. The summed E-state index contributed by atoms with van der Waals surface area (Å²) in [5.74, 6) is 0.999. The van der Waals surface area contributed by atoms with Gasteiger partial charge in [0.15, 0.2) is 0 Å². The molecule has 0 aliphatic rings. The number of nitrogens with one attached hydrogen (secondary N) is 1. The van der Waals surface area contributed by atoms with E-state index in [1.807, 2.05) is 86.6 Å². The Hall–Kier alpha value is -3.86. The van der Waals surface area contributed by atoms with Gasteiger partial charge in [-0.3, -0.25) is 0 Å². The molecule has 0 bridgehead atoms. The maximum Gasteiger partial charge on any atom is 0.137 e. The number of hydrogen-bond acceptors (Lipinski definition) is 3. The van der Waals surface area contributed by atoms with Crippen LogP contribution in [-0.2, 0) is 0 Å². The highest BCUT2D eigenvalue weighted by Gasteiger charge is 2.25. The van der Waals surface area contributed by atoms with E-state index in [1.165, 1.54) is 5.56 Å². The number of benzene rings is 3. The van der Waals surface area contributed by atoms with Gasteiger partial charge in [-0.2, -0.15) is 0 Å². The summed E-state index contributed by atoms with van der Waals surface area (Å²) < 4.78 is 6.27. The molecule has 182 valence electrons. The molecule has 3 atom stereocenters. The fraction of sp³-hybridized carbons (Fsp3) is 0.188. The first-order valence-corrected chi connectivity index (χ1v) is 12.2. The Kier molecular flexibility index (Phi) is 6.64. The van der Waals surface area contributed by atoms with E-state index >= 15 is 0 Å². The molecule has 0 spiro atoms. The maximum absolute atomic E-state index is 11.0. The second-order valence-electron chi connectivity index (χ2n) is 9.58. The Balaban J connectivity index is 1.50. The van der Waals surface area contributed by atoms with Crippen molar-refractivity contribution in [2.45, 2.75) is 38.9 Å². The van der Waals surface area contributed by atoms with Crippen molar-refractivity contribution < 1.29 is 14.6 Å². The number of aryl methyl sites for hydroxylation is 3. The average Bonchev–Trinajstić information content (AvgIpc) is 3.56. The minimum absolute atomic E-state index is 0.219. The van der Waals surface area contributed by atoms with Crippen LogP contribution in [0, 0.1) is 20.8 Å². The summed E-state index contributed by atoms with van der Waals surface area (Å²) in [5.41, 5.74) is 7.78.